The van der Waals surface area contributed by atoms with Crippen molar-refractivity contribution < 1.29 is 4.79 Å². The highest BCUT2D eigenvalue weighted by molar-refractivity contribution is 6.04. The van der Waals surface area contributed by atoms with Gasteiger partial charge in [-0.15, -0.1) is 0 Å². The Morgan fingerprint density at radius 3 is 2.53 bits per heavy atom. The lowest BCUT2D eigenvalue weighted by Gasteiger charge is -2.12. The second-order valence-electron chi connectivity index (χ2n) is 4.54. The van der Waals surface area contributed by atoms with E-state index in [1.54, 1.807) is 12.1 Å². The Kier molecular flexibility index (Phi) is 3.85. The molecule has 0 unspecified atom stereocenters. The van der Waals surface area contributed by atoms with E-state index in [9.17, 15) is 4.79 Å². The first-order chi connectivity index (χ1) is 9.11. The molecule has 2 aromatic rings. The van der Waals surface area contributed by atoms with Crippen LogP contribution in [0.25, 0.3) is 0 Å². The number of carbonyl (C=O) groups excluding carboxylic acids is 1. The van der Waals surface area contributed by atoms with E-state index >= 15 is 0 Å². The summed E-state index contributed by atoms with van der Waals surface area (Å²) in [4.78, 5) is 12.1. The first kappa shape index (κ1) is 13.1. The molecule has 0 saturated carbocycles. The molecular formula is C16H18N2O. The predicted octanol–water partition coefficient (Wildman–Crippen LogP) is 3.39. The lowest BCUT2D eigenvalue weighted by molar-refractivity contribution is 0.102. The summed E-state index contributed by atoms with van der Waals surface area (Å²) in [5, 5.41) is 2.95. The van der Waals surface area contributed by atoms with Crippen LogP contribution in [0, 0.1) is 6.92 Å². The van der Waals surface area contributed by atoms with Crippen molar-refractivity contribution in [3.63, 3.8) is 0 Å². The standard InChI is InChI=1S/C16H18N2O/c1-3-12-10-14(17)11(2)9-15(12)18-16(19)13-7-5-4-6-8-13/h4-10H,3,17H2,1-2H3,(H,18,19). The maximum absolute atomic E-state index is 12.1. The Labute approximate surface area is 113 Å². The molecule has 2 aromatic carbocycles. The number of anilines is 2. The molecule has 0 heterocycles. The van der Waals surface area contributed by atoms with Crippen molar-refractivity contribution in [3.05, 3.63) is 59.2 Å². The highest BCUT2D eigenvalue weighted by Crippen LogP contribution is 2.24. The summed E-state index contributed by atoms with van der Waals surface area (Å²) in [7, 11) is 0. The molecule has 3 nitrogen and oxygen atoms in total. The van der Waals surface area contributed by atoms with Crippen LogP contribution in [0.2, 0.25) is 0 Å². The zero-order valence-electron chi connectivity index (χ0n) is 11.2. The van der Waals surface area contributed by atoms with Crippen molar-refractivity contribution in [3.8, 4) is 0 Å². The maximum atomic E-state index is 12.1. The molecule has 3 heteroatoms. The third-order valence-corrected chi connectivity index (χ3v) is 3.16. The first-order valence-corrected chi connectivity index (χ1v) is 6.37. The van der Waals surface area contributed by atoms with Gasteiger partial charge in [0.15, 0.2) is 0 Å². The van der Waals surface area contributed by atoms with Crippen LogP contribution < -0.4 is 11.1 Å². The minimum atomic E-state index is -0.0977. The quantitative estimate of drug-likeness (QED) is 0.825. The van der Waals surface area contributed by atoms with Gasteiger partial charge in [0.2, 0.25) is 0 Å². The van der Waals surface area contributed by atoms with Crippen LogP contribution in [-0.2, 0) is 6.42 Å². The van der Waals surface area contributed by atoms with Gasteiger partial charge in [0, 0.05) is 16.9 Å². The van der Waals surface area contributed by atoms with E-state index in [1.165, 1.54) is 0 Å². The molecule has 0 saturated heterocycles. The molecule has 0 atom stereocenters. The molecule has 19 heavy (non-hydrogen) atoms. The number of benzene rings is 2. The highest BCUT2D eigenvalue weighted by atomic mass is 16.1. The zero-order valence-corrected chi connectivity index (χ0v) is 11.2. The van der Waals surface area contributed by atoms with Gasteiger partial charge < -0.3 is 11.1 Å². The fourth-order valence-electron chi connectivity index (χ4n) is 1.96. The summed E-state index contributed by atoms with van der Waals surface area (Å²) in [6, 6.07) is 13.0. The number of amides is 1. The van der Waals surface area contributed by atoms with Gasteiger partial charge in [-0.25, -0.2) is 0 Å². The third kappa shape index (κ3) is 2.94. The number of nitrogens with two attached hydrogens (primary N) is 1. The number of carbonyl (C=O) groups is 1. The van der Waals surface area contributed by atoms with E-state index < -0.39 is 0 Å². The topological polar surface area (TPSA) is 55.1 Å². The van der Waals surface area contributed by atoms with Crippen LogP contribution in [-0.4, -0.2) is 5.91 Å². The Balaban J connectivity index is 2.28. The molecule has 0 spiro atoms. The van der Waals surface area contributed by atoms with Crippen molar-refractivity contribution >= 4 is 17.3 Å². The van der Waals surface area contributed by atoms with E-state index in [2.05, 4.69) is 5.32 Å². The molecule has 3 N–H and O–H groups in total. The number of aryl methyl sites for hydroxylation is 2. The van der Waals surface area contributed by atoms with E-state index in [1.807, 2.05) is 44.2 Å². The van der Waals surface area contributed by atoms with E-state index in [0.29, 0.717) is 5.56 Å². The molecule has 0 aliphatic heterocycles. The predicted molar refractivity (Wildman–Crippen MR) is 79.4 cm³/mol. The summed E-state index contributed by atoms with van der Waals surface area (Å²) >= 11 is 0. The summed E-state index contributed by atoms with van der Waals surface area (Å²) in [6.45, 7) is 3.98. The minimum Gasteiger partial charge on any atom is -0.399 e. The van der Waals surface area contributed by atoms with Gasteiger partial charge in [-0.1, -0.05) is 25.1 Å². The Morgan fingerprint density at radius 1 is 1.21 bits per heavy atom. The zero-order chi connectivity index (χ0) is 13.8. The molecule has 98 valence electrons. The molecule has 1 amide bonds. The molecule has 0 radical (unpaired) electrons. The van der Waals surface area contributed by atoms with Crippen molar-refractivity contribution in [2.75, 3.05) is 11.1 Å². The summed E-state index contributed by atoms with van der Waals surface area (Å²) in [6.07, 6.45) is 0.828. The number of nitrogens with one attached hydrogen (secondary N) is 1. The average Bonchev–Trinajstić information content (AvgIpc) is 2.43. The van der Waals surface area contributed by atoms with Gasteiger partial charge in [-0.2, -0.15) is 0 Å². The summed E-state index contributed by atoms with van der Waals surface area (Å²) in [5.74, 6) is -0.0977. The van der Waals surface area contributed by atoms with Crippen LogP contribution in [0.5, 0.6) is 0 Å². The van der Waals surface area contributed by atoms with Gasteiger partial charge in [0.05, 0.1) is 0 Å². The van der Waals surface area contributed by atoms with Crippen LogP contribution in [0.1, 0.15) is 28.4 Å². The first-order valence-electron chi connectivity index (χ1n) is 6.37. The van der Waals surface area contributed by atoms with Crippen molar-refractivity contribution in [2.45, 2.75) is 20.3 Å². The average molecular weight is 254 g/mol. The monoisotopic (exact) mass is 254 g/mol. The van der Waals surface area contributed by atoms with Crippen molar-refractivity contribution in [1.29, 1.82) is 0 Å². The molecule has 0 fully saturated rings. The number of rotatable bonds is 3. The minimum absolute atomic E-state index is 0.0977. The van der Waals surface area contributed by atoms with Gasteiger partial charge in [-0.05, 0) is 48.7 Å². The fourth-order valence-corrected chi connectivity index (χ4v) is 1.96. The second-order valence-corrected chi connectivity index (χ2v) is 4.54. The normalized spacial score (nSPS) is 10.2. The number of hydrogen-bond donors (Lipinski definition) is 2. The molecule has 0 aliphatic carbocycles. The van der Waals surface area contributed by atoms with E-state index in [4.69, 9.17) is 5.73 Å². The fraction of sp³-hybridized carbons (Fsp3) is 0.188. The maximum Gasteiger partial charge on any atom is 0.255 e. The summed E-state index contributed by atoms with van der Waals surface area (Å²) in [5.41, 5.74) is 10.2. The lowest BCUT2D eigenvalue weighted by Crippen LogP contribution is -2.13. The SMILES string of the molecule is CCc1cc(N)c(C)cc1NC(=O)c1ccccc1. The van der Waals surface area contributed by atoms with Crippen LogP contribution in [0.3, 0.4) is 0 Å². The van der Waals surface area contributed by atoms with Gasteiger partial charge >= 0.3 is 0 Å². The number of nitrogen functional groups attached to an aromatic ring is 1. The van der Waals surface area contributed by atoms with Gasteiger partial charge in [0.25, 0.3) is 5.91 Å². The molecule has 0 aromatic heterocycles. The van der Waals surface area contributed by atoms with Crippen molar-refractivity contribution in [2.24, 2.45) is 0 Å². The Bertz CT molecular complexity index is 591. The molecular weight excluding hydrogens is 236 g/mol. The smallest absolute Gasteiger partial charge is 0.255 e. The van der Waals surface area contributed by atoms with Crippen molar-refractivity contribution in [1.82, 2.24) is 0 Å². The molecule has 0 aliphatic rings. The third-order valence-electron chi connectivity index (χ3n) is 3.16. The van der Waals surface area contributed by atoms with E-state index in [-0.39, 0.29) is 5.91 Å². The highest BCUT2D eigenvalue weighted by Gasteiger charge is 2.09. The van der Waals surface area contributed by atoms with E-state index in [0.717, 1.165) is 28.9 Å². The lowest BCUT2D eigenvalue weighted by atomic mass is 10.0. The Morgan fingerprint density at radius 2 is 1.89 bits per heavy atom. The number of hydrogen-bond acceptors (Lipinski definition) is 2. The second kappa shape index (κ2) is 5.57. The summed E-state index contributed by atoms with van der Waals surface area (Å²) < 4.78 is 0. The largest absolute Gasteiger partial charge is 0.399 e. The Hall–Kier alpha value is -2.29. The van der Waals surface area contributed by atoms with Crippen LogP contribution in [0.4, 0.5) is 11.4 Å². The molecule has 2 rings (SSSR count). The van der Waals surface area contributed by atoms with Gasteiger partial charge in [0.1, 0.15) is 0 Å². The van der Waals surface area contributed by atoms with Gasteiger partial charge in [-0.3, -0.25) is 4.79 Å². The van der Waals surface area contributed by atoms with Crippen LogP contribution in [0.15, 0.2) is 42.5 Å². The molecule has 0 bridgehead atoms. The van der Waals surface area contributed by atoms with Crippen LogP contribution >= 0.6 is 0 Å².